The maximum atomic E-state index is 11.9. The maximum absolute atomic E-state index is 11.9. The molecule has 0 aliphatic rings. The first-order valence-electron chi connectivity index (χ1n) is 9.47. The molecule has 30 heavy (non-hydrogen) atoms. The van der Waals surface area contributed by atoms with Crippen molar-refractivity contribution in [2.75, 3.05) is 36.8 Å². The number of Topliss-reactive ketones (excluding diaryl/α,β-unsaturated/α-hetero) is 1. The minimum atomic E-state index is -0.511. The molecule has 2 aromatic rings. The molecule has 0 radical (unpaired) electrons. The van der Waals surface area contributed by atoms with E-state index in [9.17, 15) is 24.5 Å². The SMILES string of the molecule is CC(=O)c1ccc(NCCCNCCNc2cc(=O)n(C)c(=O)n2C)c([N+](=O)[O-])c1. The van der Waals surface area contributed by atoms with E-state index in [0.29, 0.717) is 43.2 Å². The van der Waals surface area contributed by atoms with Crippen LogP contribution in [0.4, 0.5) is 17.2 Å². The van der Waals surface area contributed by atoms with E-state index in [1.807, 2.05) is 0 Å². The smallest absolute Gasteiger partial charge is 0.332 e. The standard InChI is InChI=1S/C19H26N6O5/c1-13(26)14-5-6-15(16(11-14)25(29)30)21-8-4-7-20-9-10-22-17-12-18(27)24(3)19(28)23(17)2/h5-6,11-12,20-22H,4,7-10H2,1-3H3. The van der Waals surface area contributed by atoms with Crippen molar-refractivity contribution in [1.82, 2.24) is 14.5 Å². The molecule has 2 rings (SSSR count). The average Bonchev–Trinajstić information content (AvgIpc) is 2.71. The number of nitro groups is 1. The van der Waals surface area contributed by atoms with Gasteiger partial charge in [0, 0.05) is 51.4 Å². The Morgan fingerprint density at radius 1 is 1.03 bits per heavy atom. The molecule has 0 aliphatic heterocycles. The molecule has 0 spiro atoms. The number of ketones is 1. The lowest BCUT2D eigenvalue weighted by Crippen LogP contribution is -2.38. The van der Waals surface area contributed by atoms with Gasteiger partial charge in [-0.15, -0.1) is 0 Å². The molecule has 1 heterocycles. The van der Waals surface area contributed by atoms with Gasteiger partial charge in [-0.2, -0.15) is 0 Å². The lowest BCUT2D eigenvalue weighted by Gasteiger charge is -2.12. The molecule has 1 aromatic carbocycles. The number of hydrogen-bond donors (Lipinski definition) is 3. The van der Waals surface area contributed by atoms with Crippen LogP contribution < -0.4 is 27.2 Å². The van der Waals surface area contributed by atoms with Gasteiger partial charge in [-0.25, -0.2) is 4.79 Å². The third kappa shape index (κ3) is 5.77. The van der Waals surface area contributed by atoms with E-state index >= 15 is 0 Å². The van der Waals surface area contributed by atoms with E-state index in [1.54, 1.807) is 19.2 Å². The highest BCUT2D eigenvalue weighted by atomic mass is 16.6. The number of anilines is 2. The summed E-state index contributed by atoms with van der Waals surface area (Å²) in [5.74, 6) is 0.228. The fourth-order valence-corrected chi connectivity index (χ4v) is 2.79. The third-order valence-electron chi connectivity index (χ3n) is 4.58. The summed E-state index contributed by atoms with van der Waals surface area (Å²) in [4.78, 5) is 45.6. The number of nitrogens with zero attached hydrogens (tertiary/aromatic N) is 3. The molecule has 0 saturated carbocycles. The first-order valence-corrected chi connectivity index (χ1v) is 9.47. The first-order chi connectivity index (χ1) is 14.2. The van der Waals surface area contributed by atoms with Gasteiger partial charge in [0.05, 0.1) is 4.92 Å². The molecular weight excluding hydrogens is 392 g/mol. The van der Waals surface area contributed by atoms with Crippen molar-refractivity contribution < 1.29 is 9.72 Å². The normalized spacial score (nSPS) is 10.6. The van der Waals surface area contributed by atoms with Crippen LogP contribution in [0, 0.1) is 10.1 Å². The highest BCUT2D eigenvalue weighted by Crippen LogP contribution is 2.25. The Labute approximate surface area is 172 Å². The average molecular weight is 418 g/mol. The molecule has 0 fully saturated rings. The summed E-state index contributed by atoms with van der Waals surface area (Å²) >= 11 is 0. The largest absolute Gasteiger partial charge is 0.379 e. The zero-order valence-electron chi connectivity index (χ0n) is 17.2. The molecule has 3 N–H and O–H groups in total. The molecule has 0 unspecified atom stereocenters. The molecule has 0 bridgehead atoms. The molecule has 0 saturated heterocycles. The quantitative estimate of drug-likeness (QED) is 0.210. The van der Waals surface area contributed by atoms with Gasteiger partial charge in [-0.3, -0.25) is 28.8 Å². The van der Waals surface area contributed by atoms with Crippen LogP contribution in [0.15, 0.2) is 33.9 Å². The van der Waals surface area contributed by atoms with Crippen LogP contribution in [0.2, 0.25) is 0 Å². The van der Waals surface area contributed by atoms with Crippen LogP contribution in [-0.4, -0.2) is 46.0 Å². The van der Waals surface area contributed by atoms with Gasteiger partial charge in [-0.05, 0) is 32.0 Å². The Bertz CT molecular complexity index is 1040. The van der Waals surface area contributed by atoms with Crippen molar-refractivity contribution in [3.63, 3.8) is 0 Å². The van der Waals surface area contributed by atoms with Gasteiger partial charge in [0.1, 0.15) is 11.5 Å². The second-order valence-corrected chi connectivity index (χ2v) is 6.77. The number of benzene rings is 1. The highest BCUT2D eigenvalue weighted by molar-refractivity contribution is 5.95. The number of hydrogen-bond acceptors (Lipinski definition) is 8. The van der Waals surface area contributed by atoms with E-state index in [-0.39, 0.29) is 17.0 Å². The fraction of sp³-hybridized carbons (Fsp3) is 0.421. The Balaban J connectivity index is 1.73. The number of carbonyl (C=O) groups is 1. The van der Waals surface area contributed by atoms with Crippen LogP contribution in [0.3, 0.4) is 0 Å². The van der Waals surface area contributed by atoms with Gasteiger partial charge in [0.2, 0.25) is 0 Å². The van der Waals surface area contributed by atoms with Gasteiger partial charge in [-0.1, -0.05) is 0 Å². The lowest BCUT2D eigenvalue weighted by molar-refractivity contribution is -0.384. The summed E-state index contributed by atoms with van der Waals surface area (Å²) in [7, 11) is 3.02. The molecule has 11 nitrogen and oxygen atoms in total. The molecule has 0 atom stereocenters. The van der Waals surface area contributed by atoms with Crippen LogP contribution in [-0.2, 0) is 14.1 Å². The van der Waals surface area contributed by atoms with E-state index in [4.69, 9.17) is 0 Å². The second kappa shape index (κ2) is 10.3. The minimum absolute atomic E-state index is 0.125. The summed E-state index contributed by atoms with van der Waals surface area (Å²) < 4.78 is 2.41. The molecule has 0 amide bonds. The van der Waals surface area contributed by atoms with Gasteiger partial charge < -0.3 is 16.0 Å². The van der Waals surface area contributed by atoms with Crippen LogP contribution in [0.25, 0.3) is 0 Å². The van der Waals surface area contributed by atoms with Crippen molar-refractivity contribution >= 4 is 23.0 Å². The molecule has 162 valence electrons. The van der Waals surface area contributed by atoms with E-state index < -0.39 is 10.6 Å². The van der Waals surface area contributed by atoms with E-state index in [1.165, 1.54) is 30.7 Å². The Morgan fingerprint density at radius 2 is 1.77 bits per heavy atom. The number of carbonyl (C=O) groups excluding carboxylic acids is 1. The van der Waals surface area contributed by atoms with Crippen molar-refractivity contribution in [3.8, 4) is 0 Å². The van der Waals surface area contributed by atoms with Crippen LogP contribution in [0.1, 0.15) is 23.7 Å². The fourth-order valence-electron chi connectivity index (χ4n) is 2.79. The van der Waals surface area contributed by atoms with Gasteiger partial charge in [0.25, 0.3) is 11.2 Å². The molecule has 11 heteroatoms. The summed E-state index contributed by atoms with van der Waals surface area (Å²) in [6, 6.07) is 5.75. The number of aromatic nitrogens is 2. The Hall–Kier alpha value is -3.47. The summed E-state index contributed by atoms with van der Waals surface area (Å²) in [5, 5.41) is 20.5. The minimum Gasteiger partial charge on any atom is -0.379 e. The van der Waals surface area contributed by atoms with Crippen LogP contribution in [0.5, 0.6) is 0 Å². The number of nitrogens with one attached hydrogen (secondary N) is 3. The first kappa shape index (κ1) is 22.8. The predicted molar refractivity (Wildman–Crippen MR) is 114 cm³/mol. The number of rotatable bonds is 11. The van der Waals surface area contributed by atoms with Crippen molar-refractivity contribution in [3.05, 3.63) is 60.8 Å². The Morgan fingerprint density at radius 3 is 2.43 bits per heavy atom. The predicted octanol–water partition coefficient (Wildman–Crippen LogP) is 0.699. The Kier molecular flexibility index (Phi) is 7.87. The monoisotopic (exact) mass is 418 g/mol. The molecule has 0 aliphatic carbocycles. The third-order valence-corrected chi connectivity index (χ3v) is 4.58. The van der Waals surface area contributed by atoms with Crippen molar-refractivity contribution in [2.45, 2.75) is 13.3 Å². The van der Waals surface area contributed by atoms with Crippen molar-refractivity contribution in [1.29, 1.82) is 0 Å². The van der Waals surface area contributed by atoms with Gasteiger partial charge >= 0.3 is 5.69 Å². The summed E-state index contributed by atoms with van der Waals surface area (Å²) in [6.45, 7) is 3.68. The van der Waals surface area contributed by atoms with Crippen LogP contribution >= 0.6 is 0 Å². The zero-order valence-corrected chi connectivity index (χ0v) is 17.2. The van der Waals surface area contributed by atoms with Crippen molar-refractivity contribution in [2.24, 2.45) is 14.1 Å². The number of nitro benzene ring substituents is 1. The zero-order chi connectivity index (χ0) is 22.3. The highest BCUT2D eigenvalue weighted by Gasteiger charge is 2.15. The molecule has 1 aromatic heterocycles. The maximum Gasteiger partial charge on any atom is 0.332 e. The lowest BCUT2D eigenvalue weighted by atomic mass is 10.1. The summed E-state index contributed by atoms with van der Waals surface area (Å²) in [6.07, 6.45) is 0.718. The van der Waals surface area contributed by atoms with E-state index in [0.717, 1.165) is 11.0 Å². The van der Waals surface area contributed by atoms with E-state index in [2.05, 4.69) is 16.0 Å². The van der Waals surface area contributed by atoms with Gasteiger partial charge in [0.15, 0.2) is 5.78 Å². The molecular formula is C19H26N6O5. The summed E-state index contributed by atoms with van der Waals surface area (Å²) in [5.41, 5.74) is -0.215. The topological polar surface area (TPSA) is 140 Å². The second-order valence-electron chi connectivity index (χ2n) is 6.77.